The molecule has 38 heavy (non-hydrogen) atoms. The third-order valence-corrected chi connectivity index (χ3v) is 7.89. The molecule has 1 atom stereocenters. The molecule has 0 aliphatic heterocycles. The van der Waals surface area contributed by atoms with Gasteiger partial charge in [-0.15, -0.1) is 0 Å². The van der Waals surface area contributed by atoms with Crippen LogP contribution in [-0.4, -0.2) is 29.5 Å². The number of aromatic nitrogens is 5. The third kappa shape index (κ3) is 5.51. The second kappa shape index (κ2) is 10.6. The molecule has 0 spiro atoms. The average Bonchev–Trinajstić information content (AvgIpc) is 3.54. The molecule has 1 aliphatic rings. The molecule has 1 saturated carbocycles. The van der Waals surface area contributed by atoms with Crippen molar-refractivity contribution in [2.24, 2.45) is 13.0 Å². The first kappa shape index (κ1) is 26.5. The predicted octanol–water partition coefficient (Wildman–Crippen LogP) is 6.70. The zero-order valence-electron chi connectivity index (χ0n) is 21.0. The highest BCUT2D eigenvalue weighted by atomic mass is 79.9. The molecule has 5 rings (SSSR count). The minimum Gasteiger partial charge on any atom is -0.478 e. The molecule has 0 N–H and O–H groups in total. The Balaban J connectivity index is 1.51. The summed E-state index contributed by atoms with van der Waals surface area (Å²) >= 11 is 7.03. The molecule has 198 valence electrons. The number of pyridine rings is 1. The van der Waals surface area contributed by atoms with E-state index in [9.17, 15) is 14.5 Å². The summed E-state index contributed by atoms with van der Waals surface area (Å²) in [6.07, 6.45) is 5.59. The van der Waals surface area contributed by atoms with Crippen LogP contribution < -0.4 is 4.74 Å². The maximum Gasteiger partial charge on any atom is 0.406 e. The Morgan fingerprint density at radius 3 is 2.74 bits per heavy atom. The number of ether oxygens (including phenoxy) is 1. The average molecular weight is 648 g/mol. The highest BCUT2D eigenvalue weighted by Gasteiger charge is 2.27. The number of halogens is 3. The topological polar surface area (TPSA) is 101 Å². The van der Waals surface area contributed by atoms with Crippen molar-refractivity contribution in [3.63, 3.8) is 0 Å². The van der Waals surface area contributed by atoms with E-state index in [1.54, 1.807) is 17.7 Å². The summed E-state index contributed by atoms with van der Waals surface area (Å²) in [5, 5.41) is 20.9. The number of aryl methyl sites for hydroxylation is 2. The molecular weight excluding hydrogens is 623 g/mol. The van der Waals surface area contributed by atoms with Gasteiger partial charge >= 0.3 is 5.82 Å². The first-order valence-corrected chi connectivity index (χ1v) is 13.7. The zero-order chi connectivity index (χ0) is 27.1. The quantitative estimate of drug-likeness (QED) is 0.148. The Morgan fingerprint density at radius 2 is 2.03 bits per heavy atom. The van der Waals surface area contributed by atoms with Crippen molar-refractivity contribution in [3.8, 4) is 17.0 Å². The minimum absolute atomic E-state index is 0.0176. The molecule has 0 bridgehead atoms. The smallest absolute Gasteiger partial charge is 0.406 e. The Hall–Kier alpha value is -3.12. The maximum atomic E-state index is 14.5. The molecule has 1 fully saturated rings. The van der Waals surface area contributed by atoms with Crippen molar-refractivity contribution in [2.75, 3.05) is 0 Å². The third-order valence-electron chi connectivity index (χ3n) is 6.57. The second-order valence-corrected chi connectivity index (χ2v) is 11.2. The van der Waals surface area contributed by atoms with E-state index in [1.165, 1.54) is 37.2 Å². The van der Waals surface area contributed by atoms with Gasteiger partial charge in [0, 0.05) is 54.5 Å². The molecule has 3 aromatic heterocycles. The molecule has 1 aliphatic carbocycles. The van der Waals surface area contributed by atoms with Crippen LogP contribution in [0.15, 0.2) is 45.7 Å². The van der Waals surface area contributed by atoms with E-state index in [2.05, 4.69) is 36.8 Å². The van der Waals surface area contributed by atoms with Crippen LogP contribution in [0.3, 0.4) is 0 Å². The Labute approximate surface area is 235 Å². The van der Waals surface area contributed by atoms with E-state index in [-0.39, 0.29) is 5.75 Å². The lowest BCUT2D eigenvalue weighted by atomic mass is 9.96. The predicted molar refractivity (Wildman–Crippen MR) is 146 cm³/mol. The van der Waals surface area contributed by atoms with Crippen molar-refractivity contribution in [1.82, 2.24) is 24.5 Å². The second-order valence-electron chi connectivity index (χ2n) is 9.56. The van der Waals surface area contributed by atoms with E-state index in [4.69, 9.17) is 14.9 Å². The normalized spacial score (nSPS) is 14.1. The van der Waals surface area contributed by atoms with Crippen LogP contribution in [0.4, 0.5) is 10.2 Å². The van der Waals surface area contributed by atoms with Gasteiger partial charge in [0.1, 0.15) is 16.5 Å². The summed E-state index contributed by atoms with van der Waals surface area (Å²) in [5.41, 5.74) is 4.83. The van der Waals surface area contributed by atoms with E-state index in [0.717, 1.165) is 28.0 Å². The van der Waals surface area contributed by atoms with Crippen LogP contribution in [0, 0.1) is 28.8 Å². The lowest BCUT2D eigenvalue weighted by molar-refractivity contribution is -0.390. The van der Waals surface area contributed by atoms with Crippen LogP contribution in [0.5, 0.6) is 5.75 Å². The van der Waals surface area contributed by atoms with Crippen LogP contribution in [0.25, 0.3) is 11.3 Å². The van der Waals surface area contributed by atoms with Gasteiger partial charge in [0.05, 0.1) is 15.9 Å². The number of nitro groups is 1. The van der Waals surface area contributed by atoms with E-state index in [0.29, 0.717) is 33.6 Å². The van der Waals surface area contributed by atoms with E-state index >= 15 is 0 Å². The molecule has 1 unspecified atom stereocenters. The number of hydrogen-bond donors (Lipinski definition) is 0. The highest BCUT2D eigenvalue weighted by molar-refractivity contribution is 9.10. The van der Waals surface area contributed by atoms with E-state index in [1.807, 2.05) is 24.9 Å². The molecule has 0 saturated heterocycles. The first-order valence-electron chi connectivity index (χ1n) is 12.1. The highest BCUT2D eigenvalue weighted by Crippen LogP contribution is 2.38. The molecular formula is C26H25Br2FN6O3. The van der Waals surface area contributed by atoms with Gasteiger partial charge in [-0.05, 0) is 92.6 Å². The summed E-state index contributed by atoms with van der Waals surface area (Å²) < 4.78 is 25.7. The van der Waals surface area contributed by atoms with Gasteiger partial charge in [0.15, 0.2) is 6.20 Å². The molecule has 3 heterocycles. The van der Waals surface area contributed by atoms with Crippen molar-refractivity contribution in [2.45, 2.75) is 45.8 Å². The fourth-order valence-corrected chi connectivity index (χ4v) is 5.48. The van der Waals surface area contributed by atoms with Gasteiger partial charge in [-0.1, -0.05) is 0 Å². The van der Waals surface area contributed by atoms with Crippen LogP contribution in [0.2, 0.25) is 0 Å². The fraction of sp³-hybridized carbons (Fsp3) is 0.346. The van der Waals surface area contributed by atoms with Crippen LogP contribution in [-0.2, 0) is 20.0 Å². The largest absolute Gasteiger partial charge is 0.478 e. The molecule has 0 amide bonds. The fourth-order valence-electron chi connectivity index (χ4n) is 4.52. The summed E-state index contributed by atoms with van der Waals surface area (Å²) in [5.74, 6) is -0.193. The number of hydrogen-bond acceptors (Lipinski definition) is 6. The molecule has 4 aromatic rings. The monoisotopic (exact) mass is 646 g/mol. The summed E-state index contributed by atoms with van der Waals surface area (Å²) in [7, 11) is 1.84. The Kier molecular flexibility index (Phi) is 7.36. The van der Waals surface area contributed by atoms with Crippen molar-refractivity contribution in [3.05, 3.63) is 84.1 Å². The van der Waals surface area contributed by atoms with Gasteiger partial charge in [-0.3, -0.25) is 9.36 Å². The van der Waals surface area contributed by atoms with Crippen molar-refractivity contribution in [1.29, 1.82) is 0 Å². The van der Waals surface area contributed by atoms with Gasteiger partial charge in [-0.25, -0.2) is 4.39 Å². The Morgan fingerprint density at radius 1 is 1.26 bits per heavy atom. The standard InChI is InChI=1S/C26H25Br2FN6O3/c1-14-21(25(28)34(31-14)12-16-4-5-16)8-17-13-33(3)32-24(17)20-7-6-19(29)10-22(20)15(2)38-23-9-18(27)11-30-26(23)35(36)37/h6-7,9-11,13,15-16H,4-5,8,12H2,1-3H3. The summed E-state index contributed by atoms with van der Waals surface area (Å²) in [4.78, 5) is 14.7. The minimum atomic E-state index is -0.736. The number of rotatable bonds is 9. The molecule has 1 aromatic carbocycles. The lowest BCUT2D eigenvalue weighted by Gasteiger charge is -2.18. The van der Waals surface area contributed by atoms with E-state index < -0.39 is 22.7 Å². The summed E-state index contributed by atoms with van der Waals surface area (Å²) in [6, 6.07) is 5.90. The van der Waals surface area contributed by atoms with Crippen LogP contribution >= 0.6 is 31.9 Å². The van der Waals surface area contributed by atoms with Gasteiger partial charge in [0.25, 0.3) is 0 Å². The molecule has 0 radical (unpaired) electrons. The Bertz CT molecular complexity index is 1530. The van der Waals surface area contributed by atoms with Crippen molar-refractivity contribution >= 4 is 37.7 Å². The first-order chi connectivity index (χ1) is 18.1. The summed E-state index contributed by atoms with van der Waals surface area (Å²) in [6.45, 7) is 4.61. The molecule has 12 heteroatoms. The molecule has 9 nitrogen and oxygen atoms in total. The maximum absolute atomic E-state index is 14.5. The van der Waals surface area contributed by atoms with Gasteiger partial charge in [-0.2, -0.15) is 10.2 Å². The lowest BCUT2D eigenvalue weighted by Crippen LogP contribution is -2.08. The number of nitrogens with zero attached hydrogens (tertiary/aromatic N) is 6. The number of benzene rings is 1. The van der Waals surface area contributed by atoms with Gasteiger partial charge in [0.2, 0.25) is 5.75 Å². The van der Waals surface area contributed by atoms with Crippen molar-refractivity contribution < 1.29 is 14.1 Å². The van der Waals surface area contributed by atoms with Crippen LogP contribution in [0.1, 0.15) is 48.3 Å². The zero-order valence-corrected chi connectivity index (χ0v) is 24.2. The SMILES string of the molecule is Cc1nn(CC2CC2)c(Br)c1Cc1cn(C)nc1-c1ccc(F)cc1C(C)Oc1cc(Br)cnc1[N+](=O)[O-]. The van der Waals surface area contributed by atoms with Gasteiger partial charge < -0.3 is 14.9 Å².